The molecule has 0 aliphatic heterocycles. The summed E-state index contributed by atoms with van der Waals surface area (Å²) in [5.41, 5.74) is -1.20. The van der Waals surface area contributed by atoms with Gasteiger partial charge < -0.3 is 14.8 Å². The summed E-state index contributed by atoms with van der Waals surface area (Å²) in [6, 6.07) is 5.59. The molecule has 1 aromatic carbocycles. The van der Waals surface area contributed by atoms with Crippen LogP contribution in [0.5, 0.6) is 11.5 Å². The lowest BCUT2D eigenvalue weighted by molar-refractivity contribution is -0.137. The van der Waals surface area contributed by atoms with Gasteiger partial charge in [0.25, 0.3) is 5.91 Å². The van der Waals surface area contributed by atoms with E-state index in [1.807, 2.05) is 0 Å². The average Bonchev–Trinajstić information content (AvgIpc) is 3.30. The fraction of sp³-hybridized carbons (Fsp3) is 0.111. The highest BCUT2D eigenvalue weighted by Gasteiger charge is 2.32. The Kier molecular flexibility index (Phi) is 6.15. The lowest BCUT2D eigenvalue weighted by Crippen LogP contribution is -2.13. The molecule has 152 valence electrons. The first-order valence-corrected chi connectivity index (χ1v) is 9.93. The van der Waals surface area contributed by atoms with Crippen molar-refractivity contribution in [2.75, 3.05) is 12.4 Å². The van der Waals surface area contributed by atoms with Crippen molar-refractivity contribution < 1.29 is 32.2 Å². The predicted octanol–water partition coefficient (Wildman–Crippen LogP) is 6.31. The zero-order chi connectivity index (χ0) is 21.2. The van der Waals surface area contributed by atoms with Crippen molar-refractivity contribution >= 4 is 51.8 Å². The van der Waals surface area contributed by atoms with Crippen LogP contribution >= 0.6 is 34.3 Å². The molecule has 0 fully saturated rings. The quantitative estimate of drug-likeness (QED) is 0.452. The molecule has 29 heavy (non-hydrogen) atoms. The Morgan fingerprint density at radius 2 is 1.72 bits per heavy atom. The summed E-state index contributed by atoms with van der Waals surface area (Å²) in [7, 11) is 1.19. The maximum absolute atomic E-state index is 13.1. The normalized spacial score (nSPS) is 11.2. The van der Waals surface area contributed by atoms with Gasteiger partial charge in [-0.3, -0.25) is 4.79 Å². The van der Waals surface area contributed by atoms with Crippen molar-refractivity contribution in [1.82, 2.24) is 0 Å². The van der Waals surface area contributed by atoms with Crippen LogP contribution in [0.4, 0.5) is 18.9 Å². The molecule has 2 aromatic heterocycles. The number of ether oxygens (including phenoxy) is 2. The summed E-state index contributed by atoms with van der Waals surface area (Å²) in [5, 5.41) is 5.71. The Hall–Kier alpha value is -2.56. The van der Waals surface area contributed by atoms with Crippen LogP contribution < -0.4 is 10.1 Å². The minimum Gasteiger partial charge on any atom is -0.465 e. The number of anilines is 1. The van der Waals surface area contributed by atoms with Crippen molar-refractivity contribution in [3.05, 3.63) is 61.4 Å². The maximum Gasteiger partial charge on any atom is 0.416 e. The average molecular weight is 462 g/mol. The third kappa shape index (κ3) is 4.72. The van der Waals surface area contributed by atoms with Gasteiger partial charge in [-0.1, -0.05) is 11.6 Å². The number of halogens is 4. The number of alkyl halides is 3. The molecule has 11 heteroatoms. The molecule has 0 saturated carbocycles. The molecule has 0 bridgehead atoms. The minimum atomic E-state index is -4.63. The van der Waals surface area contributed by atoms with Crippen molar-refractivity contribution in [1.29, 1.82) is 0 Å². The number of carbonyl (C=O) groups excluding carboxylic acids is 2. The summed E-state index contributed by atoms with van der Waals surface area (Å²) in [5.74, 6) is -1.33. The number of amides is 1. The largest absolute Gasteiger partial charge is 0.465 e. The van der Waals surface area contributed by atoms with E-state index in [1.165, 1.54) is 19.2 Å². The molecule has 0 unspecified atom stereocenters. The Balaban J connectivity index is 1.98. The number of benzene rings is 1. The summed E-state index contributed by atoms with van der Waals surface area (Å²) < 4.78 is 49.7. The molecule has 0 atom stereocenters. The lowest BCUT2D eigenvalue weighted by Gasteiger charge is -2.15. The van der Waals surface area contributed by atoms with Crippen LogP contribution in [0, 0.1) is 0 Å². The van der Waals surface area contributed by atoms with Crippen LogP contribution in [-0.2, 0) is 10.9 Å². The van der Waals surface area contributed by atoms with Gasteiger partial charge in [-0.15, -0.1) is 22.7 Å². The third-order valence-corrected chi connectivity index (χ3v) is 5.81. The molecule has 0 radical (unpaired) electrons. The summed E-state index contributed by atoms with van der Waals surface area (Å²) in [6.07, 6.45) is -4.63. The highest BCUT2D eigenvalue weighted by molar-refractivity contribution is 7.13. The topological polar surface area (TPSA) is 64.6 Å². The Morgan fingerprint density at radius 3 is 2.34 bits per heavy atom. The zero-order valence-electron chi connectivity index (χ0n) is 14.5. The van der Waals surface area contributed by atoms with Crippen molar-refractivity contribution in [3.8, 4) is 11.5 Å². The first-order valence-electron chi connectivity index (χ1n) is 7.80. The van der Waals surface area contributed by atoms with E-state index in [2.05, 4.69) is 10.1 Å². The van der Waals surface area contributed by atoms with E-state index in [0.717, 1.165) is 40.9 Å². The predicted molar refractivity (Wildman–Crippen MR) is 104 cm³/mol. The number of carbonyl (C=O) groups is 2. The number of methoxy groups -OCH3 is 1. The fourth-order valence-corrected chi connectivity index (χ4v) is 4.03. The van der Waals surface area contributed by atoms with E-state index in [0.29, 0.717) is 0 Å². The van der Waals surface area contributed by atoms with E-state index in [9.17, 15) is 22.8 Å². The molecule has 3 rings (SSSR count). The number of rotatable bonds is 5. The third-order valence-electron chi connectivity index (χ3n) is 3.60. The van der Waals surface area contributed by atoms with Gasteiger partial charge in [0.1, 0.15) is 4.88 Å². The van der Waals surface area contributed by atoms with Crippen LogP contribution in [0.1, 0.15) is 24.9 Å². The Labute approximate surface area is 175 Å². The molecule has 1 N–H and O–H groups in total. The Bertz CT molecular complexity index is 1060. The van der Waals surface area contributed by atoms with Crippen molar-refractivity contribution in [2.24, 2.45) is 0 Å². The molecule has 3 aromatic rings. The van der Waals surface area contributed by atoms with Crippen LogP contribution in [-0.4, -0.2) is 19.0 Å². The van der Waals surface area contributed by atoms with Gasteiger partial charge in [0.2, 0.25) is 0 Å². The second-order valence-electron chi connectivity index (χ2n) is 5.47. The first-order chi connectivity index (χ1) is 13.7. The summed E-state index contributed by atoms with van der Waals surface area (Å²) in [6.45, 7) is 0. The molecule has 0 aliphatic rings. The highest BCUT2D eigenvalue weighted by atomic mass is 35.5. The number of thiophene rings is 2. The zero-order valence-corrected chi connectivity index (χ0v) is 16.9. The molecule has 2 heterocycles. The van der Waals surface area contributed by atoms with Crippen LogP contribution in [0.2, 0.25) is 5.02 Å². The van der Waals surface area contributed by atoms with Crippen LogP contribution in [0.15, 0.2) is 41.1 Å². The number of esters is 1. The second kappa shape index (κ2) is 8.44. The fourth-order valence-electron chi connectivity index (χ4n) is 2.27. The first kappa shape index (κ1) is 21.2. The molecule has 5 nitrogen and oxygen atoms in total. The molecule has 0 saturated heterocycles. The second-order valence-corrected chi connectivity index (χ2v) is 7.71. The van der Waals surface area contributed by atoms with Gasteiger partial charge in [-0.2, -0.15) is 13.2 Å². The standard InChI is InChI=1S/C18H11ClF3NO4S2/c1-26-17(25)15-13(5-7-29-15)27-12-3-2-9(18(20,21)22)8-11(12)23-16(24)14-10(19)4-6-28-14/h2-8H,1H3,(H,23,24). The van der Waals surface area contributed by atoms with Crippen molar-refractivity contribution in [3.63, 3.8) is 0 Å². The maximum atomic E-state index is 13.1. The number of nitrogens with one attached hydrogen (secondary N) is 1. The molecule has 1 amide bonds. The van der Waals surface area contributed by atoms with Crippen LogP contribution in [0.25, 0.3) is 0 Å². The molecular weight excluding hydrogens is 451 g/mol. The van der Waals surface area contributed by atoms with Crippen LogP contribution in [0.3, 0.4) is 0 Å². The van der Waals surface area contributed by atoms with Gasteiger partial charge in [-0.25, -0.2) is 4.79 Å². The summed E-state index contributed by atoms with van der Waals surface area (Å²) in [4.78, 5) is 24.5. The van der Waals surface area contributed by atoms with E-state index in [4.69, 9.17) is 16.3 Å². The minimum absolute atomic E-state index is 0.0809. The SMILES string of the molecule is COC(=O)c1sccc1Oc1ccc(C(F)(F)F)cc1NC(=O)c1sccc1Cl. The molecule has 0 aliphatic carbocycles. The van der Waals surface area contributed by atoms with Gasteiger partial charge in [0.15, 0.2) is 16.4 Å². The van der Waals surface area contributed by atoms with Crippen molar-refractivity contribution in [2.45, 2.75) is 6.18 Å². The molecular formula is C18H11ClF3NO4S2. The van der Waals surface area contributed by atoms with E-state index >= 15 is 0 Å². The van der Waals surface area contributed by atoms with E-state index in [1.54, 1.807) is 10.8 Å². The highest BCUT2D eigenvalue weighted by Crippen LogP contribution is 2.39. The lowest BCUT2D eigenvalue weighted by atomic mass is 10.1. The molecule has 0 spiro atoms. The number of hydrogen-bond donors (Lipinski definition) is 1. The van der Waals surface area contributed by atoms with E-state index < -0.39 is 23.6 Å². The van der Waals surface area contributed by atoms with Gasteiger partial charge in [0, 0.05) is 0 Å². The smallest absolute Gasteiger partial charge is 0.416 e. The monoisotopic (exact) mass is 461 g/mol. The Morgan fingerprint density at radius 1 is 1.03 bits per heavy atom. The van der Waals surface area contributed by atoms with E-state index in [-0.39, 0.29) is 32.0 Å². The van der Waals surface area contributed by atoms with Gasteiger partial charge in [-0.05, 0) is 41.1 Å². The summed E-state index contributed by atoms with van der Waals surface area (Å²) >= 11 is 8.01. The van der Waals surface area contributed by atoms with Gasteiger partial charge >= 0.3 is 12.1 Å². The van der Waals surface area contributed by atoms with Gasteiger partial charge in [0.05, 0.1) is 23.4 Å². The number of hydrogen-bond acceptors (Lipinski definition) is 6.